The van der Waals surface area contributed by atoms with E-state index in [1.807, 2.05) is 25.1 Å². The second-order valence-corrected chi connectivity index (χ2v) is 6.98. The van der Waals surface area contributed by atoms with Crippen LogP contribution >= 0.6 is 0 Å². The van der Waals surface area contributed by atoms with Crippen LogP contribution in [0.25, 0.3) is 0 Å². The van der Waals surface area contributed by atoms with Crippen LogP contribution in [0.1, 0.15) is 22.4 Å². The van der Waals surface area contributed by atoms with Gasteiger partial charge in [-0.25, -0.2) is 9.78 Å². The number of ether oxygens (including phenoxy) is 1. The van der Waals surface area contributed by atoms with Gasteiger partial charge in [0.05, 0.1) is 24.6 Å². The van der Waals surface area contributed by atoms with Crippen LogP contribution in [0.15, 0.2) is 29.3 Å². The van der Waals surface area contributed by atoms with Crippen molar-refractivity contribution in [1.82, 2.24) is 19.8 Å². The molecule has 0 saturated heterocycles. The predicted molar refractivity (Wildman–Crippen MR) is 96.3 cm³/mol. The van der Waals surface area contributed by atoms with Crippen molar-refractivity contribution < 1.29 is 9.53 Å². The zero-order valence-corrected chi connectivity index (χ0v) is 15.0. The molecule has 7 nitrogen and oxygen atoms in total. The number of rotatable bonds is 1. The first-order valence-corrected chi connectivity index (χ1v) is 8.83. The number of carbonyl (C=O) groups is 1. The highest BCUT2D eigenvalue weighted by Crippen LogP contribution is 2.28. The summed E-state index contributed by atoms with van der Waals surface area (Å²) in [6, 6.07) is 5.88. The van der Waals surface area contributed by atoms with Gasteiger partial charge >= 0.3 is 6.03 Å². The Morgan fingerprint density at radius 3 is 3.08 bits per heavy atom. The number of fused-ring (bicyclic) bond motifs is 2. The molecule has 0 radical (unpaired) electrons. The topological polar surface area (TPSA) is 76.5 Å². The van der Waals surface area contributed by atoms with Gasteiger partial charge < -0.3 is 19.5 Å². The van der Waals surface area contributed by atoms with Crippen molar-refractivity contribution >= 4 is 6.03 Å². The lowest BCUT2D eigenvalue weighted by Crippen LogP contribution is -2.50. The Bertz CT molecular complexity index is 921. The standard InChI is InChI=1S/C19H22N4O3/c1-12-4-3-5-13-8-14(10-26-17(12)13)21-19(25)23-7-6-15-16(9-23)20-11-22(2)18(15)24/h3-5,11,14H,6-10H2,1-2H3,(H,21,25). The molecule has 3 heterocycles. The highest BCUT2D eigenvalue weighted by Gasteiger charge is 2.27. The highest BCUT2D eigenvalue weighted by molar-refractivity contribution is 5.75. The molecule has 0 fully saturated rings. The first-order chi connectivity index (χ1) is 12.5. The van der Waals surface area contributed by atoms with Crippen molar-refractivity contribution in [2.24, 2.45) is 7.05 Å². The van der Waals surface area contributed by atoms with Crippen LogP contribution in [0.2, 0.25) is 0 Å². The zero-order valence-electron chi connectivity index (χ0n) is 15.0. The minimum atomic E-state index is -0.136. The average Bonchev–Trinajstić information content (AvgIpc) is 2.64. The van der Waals surface area contributed by atoms with Gasteiger partial charge in [0, 0.05) is 19.2 Å². The number of nitrogens with zero attached hydrogens (tertiary/aromatic N) is 3. The van der Waals surface area contributed by atoms with E-state index < -0.39 is 0 Å². The normalized spacial score (nSPS) is 18.5. The van der Waals surface area contributed by atoms with Gasteiger partial charge in [0.15, 0.2) is 0 Å². The SMILES string of the molecule is Cc1cccc2c1OCC(NC(=O)N1CCc3c(ncn(C)c3=O)C1)C2. The van der Waals surface area contributed by atoms with Gasteiger partial charge in [0.1, 0.15) is 12.4 Å². The van der Waals surface area contributed by atoms with Crippen molar-refractivity contribution in [1.29, 1.82) is 0 Å². The number of aryl methyl sites for hydroxylation is 2. The molecule has 2 aliphatic heterocycles. The second kappa shape index (κ2) is 6.48. The first-order valence-electron chi connectivity index (χ1n) is 8.83. The number of nitrogens with one attached hydrogen (secondary N) is 1. The van der Waals surface area contributed by atoms with Crippen LogP contribution in [0, 0.1) is 6.92 Å². The summed E-state index contributed by atoms with van der Waals surface area (Å²) >= 11 is 0. The van der Waals surface area contributed by atoms with Crippen LogP contribution in [0.4, 0.5) is 4.79 Å². The Morgan fingerprint density at radius 1 is 1.38 bits per heavy atom. The monoisotopic (exact) mass is 354 g/mol. The van der Waals surface area contributed by atoms with Gasteiger partial charge in [-0.05, 0) is 30.9 Å². The van der Waals surface area contributed by atoms with E-state index in [0.29, 0.717) is 37.4 Å². The fourth-order valence-electron chi connectivity index (χ4n) is 3.64. The summed E-state index contributed by atoms with van der Waals surface area (Å²) in [6.07, 6.45) is 2.80. The predicted octanol–water partition coefficient (Wildman–Crippen LogP) is 1.16. The van der Waals surface area contributed by atoms with E-state index in [-0.39, 0.29) is 17.6 Å². The average molecular weight is 354 g/mol. The molecule has 26 heavy (non-hydrogen) atoms. The third-order valence-corrected chi connectivity index (χ3v) is 5.09. The first kappa shape index (κ1) is 16.6. The number of carbonyl (C=O) groups excluding carboxylic acids is 1. The van der Waals surface area contributed by atoms with E-state index in [1.165, 1.54) is 10.9 Å². The largest absolute Gasteiger partial charge is 0.491 e. The number of para-hydroxylation sites is 1. The Kier molecular flexibility index (Phi) is 4.14. The minimum absolute atomic E-state index is 0.0253. The van der Waals surface area contributed by atoms with Gasteiger partial charge in [-0.2, -0.15) is 0 Å². The van der Waals surface area contributed by atoms with Crippen molar-refractivity contribution in [3.63, 3.8) is 0 Å². The van der Waals surface area contributed by atoms with E-state index >= 15 is 0 Å². The van der Waals surface area contributed by atoms with Gasteiger partial charge in [0.2, 0.25) is 0 Å². The van der Waals surface area contributed by atoms with E-state index in [1.54, 1.807) is 11.9 Å². The fourth-order valence-corrected chi connectivity index (χ4v) is 3.64. The molecule has 1 aromatic heterocycles. The van der Waals surface area contributed by atoms with Crippen molar-refractivity contribution in [3.05, 3.63) is 57.3 Å². The highest BCUT2D eigenvalue weighted by atomic mass is 16.5. The smallest absolute Gasteiger partial charge is 0.318 e. The molecule has 4 rings (SSSR count). The molecule has 0 bridgehead atoms. The lowest BCUT2D eigenvalue weighted by atomic mass is 10.00. The summed E-state index contributed by atoms with van der Waals surface area (Å²) in [4.78, 5) is 30.8. The van der Waals surface area contributed by atoms with E-state index in [0.717, 1.165) is 23.3 Å². The Labute approximate surface area is 151 Å². The fraction of sp³-hybridized carbons (Fsp3) is 0.421. The van der Waals surface area contributed by atoms with Crippen LogP contribution in [-0.2, 0) is 26.4 Å². The molecule has 136 valence electrons. The maximum Gasteiger partial charge on any atom is 0.318 e. The molecular weight excluding hydrogens is 332 g/mol. The molecular formula is C19H22N4O3. The van der Waals surface area contributed by atoms with E-state index in [2.05, 4.69) is 10.3 Å². The molecule has 1 aromatic carbocycles. The summed E-state index contributed by atoms with van der Waals surface area (Å²) in [7, 11) is 1.69. The Hall–Kier alpha value is -2.83. The number of hydrogen-bond acceptors (Lipinski definition) is 4. The van der Waals surface area contributed by atoms with Gasteiger partial charge in [-0.15, -0.1) is 0 Å². The third-order valence-electron chi connectivity index (χ3n) is 5.09. The lowest BCUT2D eigenvalue weighted by molar-refractivity contribution is 0.175. The Balaban J connectivity index is 1.43. The summed E-state index contributed by atoms with van der Waals surface area (Å²) in [5.41, 5.74) is 3.62. The number of amides is 2. The molecule has 2 amide bonds. The quantitative estimate of drug-likeness (QED) is 0.834. The lowest BCUT2D eigenvalue weighted by Gasteiger charge is -2.32. The molecule has 1 unspecified atom stereocenters. The Morgan fingerprint density at radius 2 is 2.23 bits per heavy atom. The number of urea groups is 1. The second-order valence-electron chi connectivity index (χ2n) is 6.98. The summed E-state index contributed by atoms with van der Waals surface area (Å²) in [5, 5.41) is 3.06. The van der Waals surface area contributed by atoms with Crippen molar-refractivity contribution in [2.75, 3.05) is 13.2 Å². The summed E-state index contributed by atoms with van der Waals surface area (Å²) < 4.78 is 7.33. The van der Waals surface area contributed by atoms with Gasteiger partial charge in [-0.1, -0.05) is 18.2 Å². The maximum atomic E-state index is 12.7. The van der Waals surface area contributed by atoms with Crippen LogP contribution in [-0.4, -0.2) is 39.7 Å². The van der Waals surface area contributed by atoms with Crippen molar-refractivity contribution in [2.45, 2.75) is 32.4 Å². The molecule has 0 saturated carbocycles. The van der Waals surface area contributed by atoms with Crippen LogP contribution in [0.3, 0.4) is 0 Å². The van der Waals surface area contributed by atoms with Crippen LogP contribution in [0.5, 0.6) is 5.75 Å². The van der Waals surface area contributed by atoms with Gasteiger partial charge in [-0.3, -0.25) is 4.79 Å². The molecule has 1 N–H and O–H groups in total. The third kappa shape index (κ3) is 2.94. The summed E-state index contributed by atoms with van der Waals surface area (Å²) in [6.45, 7) is 3.37. The molecule has 0 spiro atoms. The molecule has 1 atom stereocenters. The van der Waals surface area contributed by atoms with Crippen molar-refractivity contribution in [3.8, 4) is 5.75 Å². The summed E-state index contributed by atoms with van der Waals surface area (Å²) in [5.74, 6) is 0.935. The van der Waals surface area contributed by atoms with Gasteiger partial charge in [0.25, 0.3) is 5.56 Å². The van der Waals surface area contributed by atoms with E-state index in [9.17, 15) is 9.59 Å². The molecule has 0 aliphatic carbocycles. The maximum absolute atomic E-state index is 12.7. The van der Waals surface area contributed by atoms with E-state index in [4.69, 9.17) is 4.74 Å². The minimum Gasteiger partial charge on any atom is -0.491 e. The van der Waals surface area contributed by atoms with Crippen LogP contribution < -0.4 is 15.6 Å². The number of benzene rings is 1. The molecule has 2 aliphatic rings. The zero-order chi connectivity index (χ0) is 18.3. The molecule has 2 aromatic rings. The number of aromatic nitrogens is 2. The molecule has 7 heteroatoms. The number of hydrogen-bond donors (Lipinski definition) is 1.